The number of ether oxygens (including phenoxy) is 1. The van der Waals surface area contributed by atoms with Gasteiger partial charge in [-0.2, -0.15) is 4.98 Å². The molecule has 0 aliphatic carbocycles. The van der Waals surface area contributed by atoms with Gasteiger partial charge in [-0.1, -0.05) is 35.5 Å². The summed E-state index contributed by atoms with van der Waals surface area (Å²) in [5.41, 5.74) is 1.14. The average molecular weight is 381 g/mol. The van der Waals surface area contributed by atoms with Crippen LogP contribution in [0.5, 0.6) is 0 Å². The molecule has 2 aromatic heterocycles. The second-order valence-corrected chi connectivity index (χ2v) is 6.90. The fraction of sp³-hybridized carbons (Fsp3) is 0.381. The van der Waals surface area contributed by atoms with Gasteiger partial charge in [-0.3, -0.25) is 4.79 Å². The van der Waals surface area contributed by atoms with E-state index in [1.807, 2.05) is 30.3 Å². The van der Waals surface area contributed by atoms with E-state index in [0.29, 0.717) is 50.2 Å². The fourth-order valence-electron chi connectivity index (χ4n) is 3.38. The normalized spacial score (nSPS) is 17.0. The van der Waals surface area contributed by atoms with E-state index in [4.69, 9.17) is 13.7 Å². The molecule has 1 unspecified atom stereocenters. The van der Waals surface area contributed by atoms with E-state index in [2.05, 4.69) is 10.1 Å². The summed E-state index contributed by atoms with van der Waals surface area (Å²) < 4.78 is 16.4. The number of amides is 1. The van der Waals surface area contributed by atoms with Crippen LogP contribution in [0.15, 0.2) is 57.7 Å². The maximum absolute atomic E-state index is 12.5. The van der Waals surface area contributed by atoms with Crippen LogP contribution in [-0.2, 0) is 17.8 Å². The Kier molecular flexibility index (Phi) is 5.82. The molecule has 0 radical (unpaired) electrons. The van der Waals surface area contributed by atoms with Gasteiger partial charge in [-0.15, -0.1) is 0 Å². The highest BCUT2D eigenvalue weighted by Gasteiger charge is 2.29. The van der Waals surface area contributed by atoms with Gasteiger partial charge >= 0.3 is 0 Å². The zero-order valence-corrected chi connectivity index (χ0v) is 15.6. The number of nitrogens with zero attached hydrogens (tertiary/aromatic N) is 3. The van der Waals surface area contributed by atoms with Gasteiger partial charge < -0.3 is 18.6 Å². The zero-order valence-electron chi connectivity index (χ0n) is 15.6. The van der Waals surface area contributed by atoms with E-state index >= 15 is 0 Å². The van der Waals surface area contributed by atoms with Crippen molar-refractivity contribution in [2.45, 2.75) is 31.8 Å². The lowest BCUT2D eigenvalue weighted by Crippen LogP contribution is -2.39. The molecule has 3 aromatic rings. The smallest absolute Gasteiger partial charge is 0.289 e. The number of piperidine rings is 1. The molecule has 0 bridgehead atoms. The summed E-state index contributed by atoms with van der Waals surface area (Å²) in [6, 6.07) is 13.4. The van der Waals surface area contributed by atoms with Gasteiger partial charge in [-0.05, 0) is 30.5 Å². The molecule has 1 saturated heterocycles. The Balaban J connectivity index is 1.28. The first-order chi connectivity index (χ1) is 13.8. The molecule has 7 heteroatoms. The Bertz CT molecular complexity index is 876. The van der Waals surface area contributed by atoms with Crippen molar-refractivity contribution in [2.75, 3.05) is 19.7 Å². The first-order valence-corrected chi connectivity index (χ1v) is 9.56. The molecular weight excluding hydrogens is 358 g/mol. The highest BCUT2D eigenvalue weighted by Crippen LogP contribution is 2.26. The van der Waals surface area contributed by atoms with E-state index in [1.165, 1.54) is 6.26 Å². The molecule has 0 saturated carbocycles. The van der Waals surface area contributed by atoms with Gasteiger partial charge in [0, 0.05) is 19.5 Å². The topological polar surface area (TPSA) is 81.6 Å². The molecular formula is C21H23N3O4. The van der Waals surface area contributed by atoms with Crippen LogP contribution in [0.3, 0.4) is 0 Å². The Morgan fingerprint density at radius 3 is 2.93 bits per heavy atom. The minimum atomic E-state index is -0.0937. The predicted octanol–water partition coefficient (Wildman–Crippen LogP) is 3.44. The monoisotopic (exact) mass is 381 g/mol. The van der Waals surface area contributed by atoms with Crippen molar-refractivity contribution in [3.8, 4) is 0 Å². The van der Waals surface area contributed by atoms with Gasteiger partial charge in [0.25, 0.3) is 5.91 Å². The molecule has 1 amide bonds. The van der Waals surface area contributed by atoms with Crippen LogP contribution in [0.2, 0.25) is 0 Å². The number of likely N-dealkylation sites (tertiary alicyclic amines) is 1. The summed E-state index contributed by atoms with van der Waals surface area (Å²) in [5.74, 6) is 1.55. The third kappa shape index (κ3) is 4.48. The van der Waals surface area contributed by atoms with E-state index in [-0.39, 0.29) is 11.8 Å². The average Bonchev–Trinajstić information content (AvgIpc) is 3.44. The molecule has 4 rings (SSSR count). The molecule has 0 N–H and O–H groups in total. The first kappa shape index (κ1) is 18.4. The fourth-order valence-corrected chi connectivity index (χ4v) is 3.38. The Morgan fingerprint density at radius 2 is 2.11 bits per heavy atom. The largest absolute Gasteiger partial charge is 0.459 e. The number of aromatic nitrogens is 2. The van der Waals surface area contributed by atoms with E-state index in [0.717, 1.165) is 18.4 Å². The van der Waals surface area contributed by atoms with Crippen molar-refractivity contribution in [3.05, 3.63) is 71.8 Å². The summed E-state index contributed by atoms with van der Waals surface area (Å²) >= 11 is 0. The number of carbonyl (C=O) groups is 1. The quantitative estimate of drug-likeness (QED) is 0.583. The van der Waals surface area contributed by atoms with Crippen LogP contribution in [0.1, 0.15) is 46.6 Å². The minimum absolute atomic E-state index is 0.0548. The summed E-state index contributed by atoms with van der Waals surface area (Å²) in [4.78, 5) is 18.8. The first-order valence-electron chi connectivity index (χ1n) is 9.56. The molecule has 0 spiro atoms. The predicted molar refractivity (Wildman–Crippen MR) is 101 cm³/mol. The molecule has 3 heterocycles. The SMILES string of the molecule is O=C(c1ccco1)N1CCCC(c2nc(CCOCc3ccccc3)no2)C1. The summed E-state index contributed by atoms with van der Waals surface area (Å²) in [6.45, 7) is 2.37. The maximum Gasteiger partial charge on any atom is 0.289 e. The van der Waals surface area contributed by atoms with Crippen LogP contribution < -0.4 is 0 Å². The van der Waals surface area contributed by atoms with Gasteiger partial charge in [0.2, 0.25) is 5.89 Å². The molecule has 1 aliphatic heterocycles. The molecule has 146 valence electrons. The van der Waals surface area contributed by atoms with Gasteiger partial charge in [0.05, 0.1) is 25.4 Å². The van der Waals surface area contributed by atoms with E-state index in [9.17, 15) is 4.79 Å². The van der Waals surface area contributed by atoms with Crippen LogP contribution in [0.4, 0.5) is 0 Å². The second kappa shape index (κ2) is 8.84. The zero-order chi connectivity index (χ0) is 19.2. The standard InChI is InChI=1S/C21H23N3O4/c25-21(18-9-5-12-27-18)24-11-4-8-17(14-24)20-22-19(23-28-20)10-13-26-15-16-6-2-1-3-7-16/h1-3,5-7,9,12,17H,4,8,10-11,13-15H2. The van der Waals surface area contributed by atoms with Gasteiger partial charge in [0.15, 0.2) is 11.6 Å². The molecule has 1 fully saturated rings. The lowest BCUT2D eigenvalue weighted by Gasteiger charge is -2.30. The van der Waals surface area contributed by atoms with E-state index < -0.39 is 0 Å². The van der Waals surface area contributed by atoms with Crippen molar-refractivity contribution < 1.29 is 18.5 Å². The van der Waals surface area contributed by atoms with Crippen molar-refractivity contribution in [3.63, 3.8) is 0 Å². The third-order valence-corrected chi connectivity index (χ3v) is 4.86. The summed E-state index contributed by atoms with van der Waals surface area (Å²) in [6.07, 6.45) is 3.93. The summed E-state index contributed by atoms with van der Waals surface area (Å²) in [5, 5.41) is 4.07. The number of benzene rings is 1. The molecule has 28 heavy (non-hydrogen) atoms. The van der Waals surface area contributed by atoms with Crippen LogP contribution in [0.25, 0.3) is 0 Å². The van der Waals surface area contributed by atoms with Crippen molar-refractivity contribution in [1.82, 2.24) is 15.0 Å². The summed E-state index contributed by atoms with van der Waals surface area (Å²) in [7, 11) is 0. The van der Waals surface area contributed by atoms with Gasteiger partial charge in [-0.25, -0.2) is 0 Å². The van der Waals surface area contributed by atoms with Crippen LogP contribution >= 0.6 is 0 Å². The highest BCUT2D eigenvalue weighted by molar-refractivity contribution is 5.91. The lowest BCUT2D eigenvalue weighted by atomic mass is 9.98. The molecule has 7 nitrogen and oxygen atoms in total. The van der Waals surface area contributed by atoms with E-state index in [1.54, 1.807) is 17.0 Å². The molecule has 1 atom stereocenters. The number of rotatable bonds is 7. The Morgan fingerprint density at radius 1 is 1.21 bits per heavy atom. The maximum atomic E-state index is 12.5. The van der Waals surface area contributed by atoms with Crippen LogP contribution in [-0.4, -0.2) is 40.6 Å². The van der Waals surface area contributed by atoms with Gasteiger partial charge in [0.1, 0.15) is 0 Å². The van der Waals surface area contributed by atoms with Crippen molar-refractivity contribution in [1.29, 1.82) is 0 Å². The minimum Gasteiger partial charge on any atom is -0.459 e. The number of hydrogen-bond donors (Lipinski definition) is 0. The second-order valence-electron chi connectivity index (χ2n) is 6.90. The third-order valence-electron chi connectivity index (χ3n) is 4.86. The number of carbonyl (C=O) groups excluding carboxylic acids is 1. The molecule has 1 aromatic carbocycles. The lowest BCUT2D eigenvalue weighted by molar-refractivity contribution is 0.0663. The van der Waals surface area contributed by atoms with Crippen molar-refractivity contribution >= 4 is 5.91 Å². The number of furan rings is 1. The number of hydrogen-bond acceptors (Lipinski definition) is 6. The van der Waals surface area contributed by atoms with Crippen molar-refractivity contribution in [2.24, 2.45) is 0 Å². The Hall–Kier alpha value is -2.93. The molecule has 1 aliphatic rings. The van der Waals surface area contributed by atoms with Crippen LogP contribution in [0, 0.1) is 0 Å². The Labute approximate surface area is 163 Å². The highest BCUT2D eigenvalue weighted by atomic mass is 16.5.